The van der Waals surface area contributed by atoms with Crippen LogP contribution in [0, 0.1) is 12.3 Å². The Bertz CT molecular complexity index is 364. The Balaban J connectivity index is 2.60. The predicted octanol–water partition coefficient (Wildman–Crippen LogP) is 0.116. The second-order valence-electron chi connectivity index (χ2n) is 3.75. The quantitative estimate of drug-likeness (QED) is 0.512. The summed E-state index contributed by atoms with van der Waals surface area (Å²) in [7, 11) is -3.48. The van der Waals surface area contributed by atoms with Gasteiger partial charge in [0.2, 0.25) is 0 Å². The average molecular weight is 234 g/mol. The van der Waals surface area contributed by atoms with Crippen LogP contribution in [0.15, 0.2) is 0 Å². The summed E-state index contributed by atoms with van der Waals surface area (Å²) in [6.45, 7) is 3.28. The Morgan fingerprint density at radius 1 is 1.47 bits per heavy atom. The number of hydrogen-bond acceptors (Lipinski definition) is 5. The highest BCUT2D eigenvalue weighted by Crippen LogP contribution is 2.27. The van der Waals surface area contributed by atoms with Gasteiger partial charge in [0, 0.05) is 0 Å². The first kappa shape index (κ1) is 12.5. The minimum absolute atomic E-state index is 0.128. The molecule has 15 heavy (non-hydrogen) atoms. The first-order valence-electron chi connectivity index (χ1n) is 4.40. The molecule has 2 atom stereocenters. The fourth-order valence-corrected chi connectivity index (χ4v) is 1.67. The molecule has 0 aromatic rings. The van der Waals surface area contributed by atoms with E-state index in [2.05, 4.69) is 10.1 Å². The van der Waals surface area contributed by atoms with Crippen molar-refractivity contribution in [1.29, 1.82) is 0 Å². The molecule has 0 unspecified atom stereocenters. The Morgan fingerprint density at radius 2 is 2.07 bits per heavy atom. The molecule has 0 aromatic carbocycles. The Morgan fingerprint density at radius 3 is 2.53 bits per heavy atom. The molecular formula is C9H14O5S. The van der Waals surface area contributed by atoms with E-state index in [9.17, 15) is 8.42 Å². The zero-order chi connectivity index (χ0) is 11.7. The molecule has 5 nitrogen and oxygen atoms in total. The second-order valence-corrected chi connectivity index (χ2v) is 5.39. The van der Waals surface area contributed by atoms with E-state index in [1.807, 2.05) is 0 Å². The van der Waals surface area contributed by atoms with Crippen molar-refractivity contribution in [2.24, 2.45) is 0 Å². The summed E-state index contributed by atoms with van der Waals surface area (Å²) >= 11 is 0. The maximum Gasteiger partial charge on any atom is 0.264 e. The zero-order valence-electron chi connectivity index (χ0n) is 8.89. The molecule has 0 bridgehead atoms. The largest absolute Gasteiger partial charge is 0.341 e. The van der Waals surface area contributed by atoms with Crippen LogP contribution in [0.3, 0.4) is 0 Å². The van der Waals surface area contributed by atoms with Gasteiger partial charge in [0.1, 0.15) is 12.2 Å². The third-order valence-electron chi connectivity index (χ3n) is 1.79. The van der Waals surface area contributed by atoms with Gasteiger partial charge in [0.05, 0.1) is 12.9 Å². The van der Waals surface area contributed by atoms with E-state index < -0.39 is 28.1 Å². The summed E-state index contributed by atoms with van der Waals surface area (Å²) in [6, 6.07) is 0. The summed E-state index contributed by atoms with van der Waals surface area (Å²) in [6.07, 6.45) is 5.06. The van der Waals surface area contributed by atoms with Crippen LogP contribution in [0.2, 0.25) is 0 Å². The molecule has 0 N–H and O–H groups in total. The van der Waals surface area contributed by atoms with E-state index in [1.165, 1.54) is 0 Å². The van der Waals surface area contributed by atoms with E-state index in [4.69, 9.17) is 15.9 Å². The summed E-state index contributed by atoms with van der Waals surface area (Å²) in [5, 5.41) is 0. The minimum atomic E-state index is -3.48. The SMILES string of the molecule is C#C[C@@H]1OC(C)(C)O[C@H]1COS(C)(=O)=O. The molecule has 0 aromatic heterocycles. The molecule has 1 saturated heterocycles. The first-order chi connectivity index (χ1) is 6.73. The van der Waals surface area contributed by atoms with Crippen molar-refractivity contribution in [2.75, 3.05) is 12.9 Å². The predicted molar refractivity (Wildman–Crippen MR) is 53.5 cm³/mol. The van der Waals surface area contributed by atoms with E-state index in [0.717, 1.165) is 6.26 Å². The van der Waals surface area contributed by atoms with Crippen molar-refractivity contribution in [3.63, 3.8) is 0 Å². The van der Waals surface area contributed by atoms with Gasteiger partial charge >= 0.3 is 0 Å². The molecule has 0 radical (unpaired) electrons. The van der Waals surface area contributed by atoms with E-state index in [-0.39, 0.29) is 6.61 Å². The lowest BCUT2D eigenvalue weighted by Gasteiger charge is -2.16. The second kappa shape index (κ2) is 4.10. The zero-order valence-corrected chi connectivity index (χ0v) is 9.71. The summed E-state index contributed by atoms with van der Waals surface area (Å²) in [4.78, 5) is 0. The summed E-state index contributed by atoms with van der Waals surface area (Å²) in [5.41, 5.74) is 0. The number of rotatable bonds is 3. The average Bonchev–Trinajstić information content (AvgIpc) is 2.36. The Kier molecular flexibility index (Phi) is 3.41. The van der Waals surface area contributed by atoms with Crippen LogP contribution >= 0.6 is 0 Å². The maximum atomic E-state index is 10.8. The summed E-state index contributed by atoms with van der Waals surface area (Å²) < 4.78 is 36.9. The highest BCUT2D eigenvalue weighted by atomic mass is 32.2. The van der Waals surface area contributed by atoms with E-state index >= 15 is 0 Å². The molecule has 0 aliphatic carbocycles. The minimum Gasteiger partial charge on any atom is -0.341 e. The molecule has 0 spiro atoms. The van der Waals surface area contributed by atoms with Gasteiger partial charge in [0.25, 0.3) is 10.1 Å². The molecule has 1 aliphatic heterocycles. The van der Waals surface area contributed by atoms with Crippen molar-refractivity contribution in [3.8, 4) is 12.3 Å². The van der Waals surface area contributed by atoms with E-state index in [0.29, 0.717) is 0 Å². The van der Waals surface area contributed by atoms with Gasteiger partial charge in [-0.05, 0) is 13.8 Å². The van der Waals surface area contributed by atoms with Crippen molar-refractivity contribution in [2.45, 2.75) is 31.8 Å². The third kappa shape index (κ3) is 3.80. The Hall–Kier alpha value is -0.610. The molecule has 0 saturated carbocycles. The molecule has 1 fully saturated rings. The lowest BCUT2D eigenvalue weighted by molar-refractivity contribution is -0.144. The lowest BCUT2D eigenvalue weighted by Crippen LogP contribution is -2.28. The van der Waals surface area contributed by atoms with E-state index in [1.54, 1.807) is 13.8 Å². The fraction of sp³-hybridized carbons (Fsp3) is 0.778. The van der Waals surface area contributed by atoms with Crippen LogP contribution < -0.4 is 0 Å². The number of ether oxygens (including phenoxy) is 2. The maximum absolute atomic E-state index is 10.8. The van der Waals surface area contributed by atoms with Crippen molar-refractivity contribution in [3.05, 3.63) is 0 Å². The highest BCUT2D eigenvalue weighted by molar-refractivity contribution is 7.85. The number of hydrogen-bond donors (Lipinski definition) is 0. The molecule has 1 rings (SSSR count). The topological polar surface area (TPSA) is 61.8 Å². The van der Waals surface area contributed by atoms with Crippen LogP contribution in [0.25, 0.3) is 0 Å². The van der Waals surface area contributed by atoms with Crippen molar-refractivity contribution in [1.82, 2.24) is 0 Å². The summed E-state index contributed by atoms with van der Waals surface area (Å²) in [5.74, 6) is 1.58. The first-order valence-corrected chi connectivity index (χ1v) is 6.21. The van der Waals surface area contributed by atoms with Gasteiger partial charge in [-0.15, -0.1) is 6.42 Å². The number of terminal acetylenes is 1. The molecule has 6 heteroatoms. The van der Waals surface area contributed by atoms with Crippen molar-refractivity contribution >= 4 is 10.1 Å². The molecule has 0 amide bonds. The van der Waals surface area contributed by atoms with Crippen LogP contribution in [0.4, 0.5) is 0 Å². The third-order valence-corrected chi connectivity index (χ3v) is 2.36. The molecular weight excluding hydrogens is 220 g/mol. The van der Waals surface area contributed by atoms with Crippen LogP contribution in [0.1, 0.15) is 13.8 Å². The van der Waals surface area contributed by atoms with Gasteiger partial charge in [0.15, 0.2) is 5.79 Å². The van der Waals surface area contributed by atoms with Crippen molar-refractivity contribution < 1.29 is 22.1 Å². The standard InChI is InChI=1S/C9H14O5S/c1-5-7-8(6-12-15(4,10)11)14-9(2,3)13-7/h1,7-8H,6H2,2-4H3/t7-,8-/m0/s1. The normalized spacial score (nSPS) is 30.0. The van der Waals surface area contributed by atoms with Gasteiger partial charge < -0.3 is 9.47 Å². The fourth-order valence-electron chi connectivity index (χ4n) is 1.29. The lowest BCUT2D eigenvalue weighted by atomic mass is 10.2. The van der Waals surface area contributed by atoms with Gasteiger partial charge in [-0.25, -0.2) is 0 Å². The Labute approximate surface area is 89.8 Å². The molecule has 86 valence electrons. The van der Waals surface area contributed by atoms with Crippen LogP contribution in [-0.4, -0.2) is 39.3 Å². The highest BCUT2D eigenvalue weighted by Gasteiger charge is 2.40. The van der Waals surface area contributed by atoms with Crippen LogP contribution in [-0.2, 0) is 23.8 Å². The smallest absolute Gasteiger partial charge is 0.264 e. The molecule has 1 heterocycles. The van der Waals surface area contributed by atoms with Gasteiger partial charge in [-0.1, -0.05) is 5.92 Å². The van der Waals surface area contributed by atoms with Gasteiger partial charge in [-0.2, -0.15) is 8.42 Å². The van der Waals surface area contributed by atoms with Crippen LogP contribution in [0.5, 0.6) is 0 Å². The monoisotopic (exact) mass is 234 g/mol. The molecule has 1 aliphatic rings. The van der Waals surface area contributed by atoms with Gasteiger partial charge in [-0.3, -0.25) is 4.18 Å².